The highest BCUT2D eigenvalue weighted by Gasteiger charge is 2.09. The van der Waals surface area contributed by atoms with Crippen LogP contribution in [0, 0.1) is 6.92 Å². The van der Waals surface area contributed by atoms with Gasteiger partial charge in [0, 0.05) is 34.8 Å². The smallest absolute Gasteiger partial charge is 0.0696 e. The Bertz CT molecular complexity index is 726. The van der Waals surface area contributed by atoms with Crippen molar-refractivity contribution in [2.24, 2.45) is 0 Å². The average molecular weight is 251 g/mol. The van der Waals surface area contributed by atoms with E-state index in [1.165, 1.54) is 11.1 Å². The highest BCUT2D eigenvalue weighted by Crippen LogP contribution is 2.25. The predicted molar refractivity (Wildman–Crippen MR) is 77.2 cm³/mol. The lowest BCUT2D eigenvalue weighted by atomic mass is 10.0. The Balaban J connectivity index is 2.16. The van der Waals surface area contributed by atoms with Crippen LogP contribution in [0.2, 0.25) is 0 Å². The molecular weight excluding hydrogens is 234 g/mol. The van der Waals surface area contributed by atoms with Crippen molar-refractivity contribution in [1.82, 2.24) is 14.6 Å². The zero-order valence-electron chi connectivity index (χ0n) is 11.5. The Morgan fingerprint density at radius 2 is 2.00 bits per heavy atom. The molecule has 19 heavy (non-hydrogen) atoms. The summed E-state index contributed by atoms with van der Waals surface area (Å²) in [5.74, 6) is 0.489. The van der Waals surface area contributed by atoms with Gasteiger partial charge in [0.2, 0.25) is 0 Å². The normalized spacial score (nSPS) is 11.4. The van der Waals surface area contributed by atoms with E-state index in [2.05, 4.69) is 48.3 Å². The van der Waals surface area contributed by atoms with Crippen molar-refractivity contribution in [2.75, 3.05) is 0 Å². The number of hydrogen-bond acceptors (Lipinski definition) is 2. The van der Waals surface area contributed by atoms with Crippen LogP contribution in [0.4, 0.5) is 0 Å². The molecule has 0 amide bonds. The summed E-state index contributed by atoms with van der Waals surface area (Å²) in [6.07, 6.45) is 5.85. The third kappa shape index (κ3) is 2.01. The minimum absolute atomic E-state index is 0.489. The van der Waals surface area contributed by atoms with Gasteiger partial charge in [-0.25, -0.2) is 4.52 Å². The van der Waals surface area contributed by atoms with Crippen LogP contribution in [0.5, 0.6) is 0 Å². The maximum atomic E-state index is 4.45. The van der Waals surface area contributed by atoms with Crippen molar-refractivity contribution in [1.29, 1.82) is 0 Å². The Labute approximate surface area is 112 Å². The molecule has 0 fully saturated rings. The van der Waals surface area contributed by atoms with Gasteiger partial charge in [0.15, 0.2) is 0 Å². The van der Waals surface area contributed by atoms with Crippen molar-refractivity contribution >= 4 is 5.52 Å². The molecule has 0 aromatic carbocycles. The lowest BCUT2D eigenvalue weighted by Crippen LogP contribution is -1.92. The van der Waals surface area contributed by atoms with Crippen molar-refractivity contribution < 1.29 is 0 Å². The fourth-order valence-electron chi connectivity index (χ4n) is 2.40. The molecule has 0 N–H and O–H groups in total. The summed E-state index contributed by atoms with van der Waals surface area (Å²) in [6, 6.07) is 8.35. The van der Waals surface area contributed by atoms with Crippen LogP contribution < -0.4 is 0 Å². The molecule has 96 valence electrons. The third-order valence-electron chi connectivity index (χ3n) is 3.49. The molecular formula is C16H17N3. The summed E-state index contributed by atoms with van der Waals surface area (Å²) >= 11 is 0. The molecule has 0 aliphatic carbocycles. The first-order chi connectivity index (χ1) is 9.16. The summed E-state index contributed by atoms with van der Waals surface area (Å²) in [7, 11) is 0. The fraction of sp³-hybridized carbons (Fsp3) is 0.250. The van der Waals surface area contributed by atoms with Crippen LogP contribution in [0.1, 0.15) is 31.0 Å². The highest BCUT2D eigenvalue weighted by molar-refractivity contribution is 5.68. The van der Waals surface area contributed by atoms with E-state index in [-0.39, 0.29) is 0 Å². The zero-order valence-corrected chi connectivity index (χ0v) is 11.5. The minimum Gasteiger partial charge on any atom is -0.261 e. The second-order valence-corrected chi connectivity index (χ2v) is 5.14. The molecule has 0 saturated carbocycles. The van der Waals surface area contributed by atoms with E-state index in [1.54, 1.807) is 0 Å². The molecule has 0 radical (unpaired) electrons. The first kappa shape index (κ1) is 11.9. The van der Waals surface area contributed by atoms with Gasteiger partial charge in [0.05, 0.1) is 11.7 Å². The lowest BCUT2D eigenvalue weighted by molar-refractivity contribution is 0.875. The second-order valence-electron chi connectivity index (χ2n) is 5.14. The third-order valence-corrected chi connectivity index (χ3v) is 3.49. The van der Waals surface area contributed by atoms with E-state index in [9.17, 15) is 0 Å². The van der Waals surface area contributed by atoms with Gasteiger partial charge < -0.3 is 0 Å². The molecule has 3 aromatic rings. The van der Waals surface area contributed by atoms with Crippen LogP contribution in [0.15, 0.2) is 42.9 Å². The second kappa shape index (κ2) is 4.50. The van der Waals surface area contributed by atoms with E-state index in [1.807, 2.05) is 29.9 Å². The first-order valence-corrected chi connectivity index (χ1v) is 6.56. The van der Waals surface area contributed by atoms with Gasteiger partial charge in [0.1, 0.15) is 0 Å². The van der Waals surface area contributed by atoms with Crippen LogP contribution in [0.3, 0.4) is 0 Å². The lowest BCUT2D eigenvalue weighted by Gasteiger charge is -2.06. The Morgan fingerprint density at radius 3 is 2.74 bits per heavy atom. The fourth-order valence-corrected chi connectivity index (χ4v) is 2.40. The standard InChI is InChI=1S/C16H17N3/c1-11(2)15-9-18-19-10-13(6-7-16(15)19)14-5-4-8-17-12(14)3/h4-11H,1-3H3. The number of fused-ring (bicyclic) bond motifs is 1. The monoisotopic (exact) mass is 251 g/mol. The number of aromatic nitrogens is 3. The zero-order chi connectivity index (χ0) is 13.4. The van der Waals surface area contributed by atoms with Gasteiger partial charge in [-0.3, -0.25) is 4.98 Å². The Hall–Kier alpha value is -2.16. The molecule has 0 aliphatic rings. The van der Waals surface area contributed by atoms with E-state index in [0.717, 1.165) is 16.8 Å². The largest absolute Gasteiger partial charge is 0.261 e. The van der Waals surface area contributed by atoms with E-state index in [4.69, 9.17) is 0 Å². The van der Waals surface area contributed by atoms with Gasteiger partial charge in [0.25, 0.3) is 0 Å². The van der Waals surface area contributed by atoms with E-state index >= 15 is 0 Å². The minimum atomic E-state index is 0.489. The van der Waals surface area contributed by atoms with Gasteiger partial charge in [-0.2, -0.15) is 5.10 Å². The number of aryl methyl sites for hydroxylation is 1. The van der Waals surface area contributed by atoms with Gasteiger partial charge >= 0.3 is 0 Å². The van der Waals surface area contributed by atoms with Crippen molar-refractivity contribution in [3.8, 4) is 11.1 Å². The topological polar surface area (TPSA) is 30.2 Å². The summed E-state index contributed by atoms with van der Waals surface area (Å²) < 4.78 is 1.96. The van der Waals surface area contributed by atoms with Crippen molar-refractivity contribution in [2.45, 2.75) is 26.7 Å². The molecule has 0 atom stereocenters. The van der Waals surface area contributed by atoms with Crippen LogP contribution >= 0.6 is 0 Å². The highest BCUT2D eigenvalue weighted by atomic mass is 15.2. The van der Waals surface area contributed by atoms with Crippen molar-refractivity contribution in [3.63, 3.8) is 0 Å². The molecule has 3 heterocycles. The summed E-state index contributed by atoms with van der Waals surface area (Å²) in [5, 5.41) is 4.45. The first-order valence-electron chi connectivity index (χ1n) is 6.56. The van der Waals surface area contributed by atoms with Crippen LogP contribution in [0.25, 0.3) is 16.6 Å². The molecule has 3 nitrogen and oxygen atoms in total. The summed E-state index contributed by atoms with van der Waals surface area (Å²) in [4.78, 5) is 4.34. The summed E-state index contributed by atoms with van der Waals surface area (Å²) in [5.41, 5.74) is 5.82. The molecule has 0 aliphatic heterocycles. The SMILES string of the molecule is Cc1ncccc1-c1ccc2c(C(C)C)cnn2c1. The molecule has 0 unspecified atom stereocenters. The van der Waals surface area contributed by atoms with E-state index < -0.39 is 0 Å². The maximum Gasteiger partial charge on any atom is 0.0696 e. The number of pyridine rings is 2. The Morgan fingerprint density at radius 1 is 1.16 bits per heavy atom. The maximum absolute atomic E-state index is 4.45. The van der Waals surface area contributed by atoms with Gasteiger partial charge in [-0.1, -0.05) is 26.0 Å². The van der Waals surface area contributed by atoms with E-state index in [0.29, 0.717) is 5.92 Å². The van der Waals surface area contributed by atoms with Gasteiger partial charge in [-0.15, -0.1) is 0 Å². The molecule has 3 rings (SSSR count). The number of nitrogens with zero attached hydrogens (tertiary/aromatic N) is 3. The molecule has 3 heteroatoms. The summed E-state index contributed by atoms with van der Waals surface area (Å²) in [6.45, 7) is 6.41. The number of rotatable bonds is 2. The van der Waals surface area contributed by atoms with Crippen LogP contribution in [-0.4, -0.2) is 14.6 Å². The quantitative estimate of drug-likeness (QED) is 0.693. The predicted octanol–water partition coefficient (Wildman–Crippen LogP) is 3.83. The Kier molecular flexibility index (Phi) is 2.82. The number of hydrogen-bond donors (Lipinski definition) is 0. The molecule has 0 bridgehead atoms. The van der Waals surface area contributed by atoms with Gasteiger partial charge in [-0.05, 0) is 25.0 Å². The van der Waals surface area contributed by atoms with Crippen molar-refractivity contribution in [3.05, 3.63) is 54.1 Å². The molecule has 0 spiro atoms. The average Bonchev–Trinajstić information content (AvgIpc) is 2.82. The molecule has 3 aromatic heterocycles. The van der Waals surface area contributed by atoms with Crippen LogP contribution in [-0.2, 0) is 0 Å². The molecule has 0 saturated heterocycles.